The Bertz CT molecular complexity index is 457. The first-order valence-corrected chi connectivity index (χ1v) is 8.66. The maximum Gasteiger partial charge on any atom is 0.0473 e. The Balaban J connectivity index is 1.48. The minimum atomic E-state index is 0.551. The van der Waals surface area contributed by atoms with Crippen LogP contribution in [0, 0.1) is 0 Å². The maximum absolute atomic E-state index is 3.76. The number of piperazine rings is 1. The first-order valence-electron chi connectivity index (χ1n) is 8.66. The Kier molecular flexibility index (Phi) is 3.97. The Morgan fingerprint density at radius 3 is 2.71 bits per heavy atom. The van der Waals surface area contributed by atoms with Crippen molar-refractivity contribution in [2.45, 2.75) is 43.8 Å². The summed E-state index contributed by atoms with van der Waals surface area (Å²) in [6, 6.07) is 13.3. The number of benzene rings is 1. The second-order valence-electron chi connectivity index (χ2n) is 6.94. The molecule has 0 amide bonds. The van der Waals surface area contributed by atoms with Crippen molar-refractivity contribution in [3.05, 3.63) is 35.9 Å². The summed E-state index contributed by atoms with van der Waals surface area (Å²) in [5, 5.41) is 3.76. The van der Waals surface area contributed by atoms with Gasteiger partial charge < -0.3 is 5.32 Å². The van der Waals surface area contributed by atoms with Gasteiger partial charge in [0.1, 0.15) is 0 Å². The highest BCUT2D eigenvalue weighted by atomic mass is 15.3. The van der Waals surface area contributed by atoms with Crippen LogP contribution in [0.1, 0.15) is 37.3 Å². The summed E-state index contributed by atoms with van der Waals surface area (Å²) in [5.74, 6) is 0. The lowest BCUT2D eigenvalue weighted by Gasteiger charge is -2.42. The lowest BCUT2D eigenvalue weighted by Crippen LogP contribution is -2.52. The molecule has 1 aromatic rings. The van der Waals surface area contributed by atoms with E-state index in [1.54, 1.807) is 0 Å². The molecule has 114 valence electrons. The van der Waals surface area contributed by atoms with Crippen molar-refractivity contribution in [1.82, 2.24) is 15.1 Å². The van der Waals surface area contributed by atoms with Crippen LogP contribution < -0.4 is 5.32 Å². The molecule has 2 atom stereocenters. The summed E-state index contributed by atoms with van der Waals surface area (Å²) >= 11 is 0. The second kappa shape index (κ2) is 6.07. The Labute approximate surface area is 128 Å². The van der Waals surface area contributed by atoms with Crippen molar-refractivity contribution in [2.24, 2.45) is 0 Å². The Hall–Kier alpha value is -0.900. The molecule has 0 bridgehead atoms. The first kappa shape index (κ1) is 13.7. The zero-order chi connectivity index (χ0) is 14.1. The number of hydrogen-bond acceptors (Lipinski definition) is 3. The number of nitrogens with zero attached hydrogens (tertiary/aromatic N) is 2. The molecule has 1 saturated carbocycles. The van der Waals surface area contributed by atoms with E-state index in [1.165, 1.54) is 57.4 Å². The van der Waals surface area contributed by atoms with Crippen molar-refractivity contribution in [3.63, 3.8) is 0 Å². The van der Waals surface area contributed by atoms with Crippen LogP contribution in [0.15, 0.2) is 30.3 Å². The standard InChI is InChI=1S/C18H27N3/c1-2-5-15(6-3-1)18(13-19-16-8-9-16)21-12-11-20-10-4-7-17(20)14-21/h1-3,5-6,16-19H,4,7-14H2. The second-order valence-corrected chi connectivity index (χ2v) is 6.94. The molecule has 1 N–H and O–H groups in total. The summed E-state index contributed by atoms with van der Waals surface area (Å²) in [7, 11) is 0. The van der Waals surface area contributed by atoms with Gasteiger partial charge in [-0.25, -0.2) is 0 Å². The molecule has 2 heterocycles. The van der Waals surface area contributed by atoms with Crippen LogP contribution in [0.25, 0.3) is 0 Å². The fourth-order valence-electron chi connectivity index (χ4n) is 4.00. The number of hydrogen-bond donors (Lipinski definition) is 1. The summed E-state index contributed by atoms with van der Waals surface area (Å²) in [6.07, 6.45) is 5.54. The molecule has 21 heavy (non-hydrogen) atoms. The highest BCUT2D eigenvalue weighted by Gasteiger charge is 2.34. The van der Waals surface area contributed by atoms with Crippen molar-refractivity contribution in [3.8, 4) is 0 Å². The Morgan fingerprint density at radius 1 is 1.05 bits per heavy atom. The monoisotopic (exact) mass is 285 g/mol. The molecule has 1 aromatic carbocycles. The predicted molar refractivity (Wildman–Crippen MR) is 86.4 cm³/mol. The third-order valence-corrected chi connectivity index (χ3v) is 5.42. The van der Waals surface area contributed by atoms with Gasteiger partial charge in [0, 0.05) is 44.3 Å². The summed E-state index contributed by atoms with van der Waals surface area (Å²) < 4.78 is 0. The SMILES string of the molecule is c1ccc(C(CNC2CC2)N2CCN3CCCC3C2)cc1. The predicted octanol–water partition coefficient (Wildman–Crippen LogP) is 2.26. The fraction of sp³-hybridized carbons (Fsp3) is 0.667. The number of nitrogens with one attached hydrogen (secondary N) is 1. The molecule has 2 aliphatic heterocycles. The van der Waals surface area contributed by atoms with Gasteiger partial charge in [0.2, 0.25) is 0 Å². The van der Waals surface area contributed by atoms with E-state index in [9.17, 15) is 0 Å². The normalized spacial score (nSPS) is 28.5. The average molecular weight is 285 g/mol. The fourth-order valence-corrected chi connectivity index (χ4v) is 4.00. The van der Waals surface area contributed by atoms with Gasteiger partial charge in [-0.2, -0.15) is 0 Å². The quantitative estimate of drug-likeness (QED) is 0.895. The molecular formula is C18H27N3. The molecule has 3 fully saturated rings. The zero-order valence-electron chi connectivity index (χ0n) is 12.9. The molecule has 3 nitrogen and oxygen atoms in total. The van der Waals surface area contributed by atoms with Gasteiger partial charge in [0.05, 0.1) is 0 Å². The average Bonchev–Trinajstić information content (AvgIpc) is 3.24. The largest absolute Gasteiger partial charge is 0.312 e. The summed E-state index contributed by atoms with van der Waals surface area (Å²) in [6.45, 7) is 6.18. The topological polar surface area (TPSA) is 18.5 Å². The lowest BCUT2D eigenvalue weighted by atomic mass is 10.0. The highest BCUT2D eigenvalue weighted by Crippen LogP contribution is 2.29. The molecule has 2 saturated heterocycles. The van der Waals surface area contributed by atoms with E-state index in [0.29, 0.717) is 6.04 Å². The summed E-state index contributed by atoms with van der Waals surface area (Å²) in [4.78, 5) is 5.43. The maximum atomic E-state index is 3.76. The highest BCUT2D eigenvalue weighted by molar-refractivity contribution is 5.20. The third-order valence-electron chi connectivity index (χ3n) is 5.42. The number of rotatable bonds is 5. The van der Waals surface area contributed by atoms with E-state index in [0.717, 1.165) is 18.6 Å². The van der Waals surface area contributed by atoms with E-state index in [-0.39, 0.29) is 0 Å². The van der Waals surface area contributed by atoms with Crippen LogP contribution in [0.2, 0.25) is 0 Å². The number of fused-ring (bicyclic) bond motifs is 1. The molecule has 3 aliphatic rings. The minimum Gasteiger partial charge on any atom is -0.312 e. The van der Waals surface area contributed by atoms with Crippen molar-refractivity contribution in [1.29, 1.82) is 0 Å². The minimum absolute atomic E-state index is 0.551. The van der Waals surface area contributed by atoms with Gasteiger partial charge in [0.15, 0.2) is 0 Å². The van der Waals surface area contributed by atoms with E-state index in [2.05, 4.69) is 45.4 Å². The van der Waals surface area contributed by atoms with Crippen LogP contribution >= 0.6 is 0 Å². The van der Waals surface area contributed by atoms with Crippen molar-refractivity contribution in [2.75, 3.05) is 32.7 Å². The molecule has 4 rings (SSSR count). The van der Waals surface area contributed by atoms with Crippen LogP contribution in [0.5, 0.6) is 0 Å². The van der Waals surface area contributed by atoms with Crippen LogP contribution in [0.4, 0.5) is 0 Å². The van der Waals surface area contributed by atoms with Crippen molar-refractivity contribution < 1.29 is 0 Å². The van der Waals surface area contributed by atoms with E-state index < -0.39 is 0 Å². The van der Waals surface area contributed by atoms with Gasteiger partial charge >= 0.3 is 0 Å². The van der Waals surface area contributed by atoms with Gasteiger partial charge in [-0.3, -0.25) is 9.80 Å². The van der Waals surface area contributed by atoms with Crippen LogP contribution in [-0.2, 0) is 0 Å². The molecule has 2 unspecified atom stereocenters. The molecule has 0 aromatic heterocycles. The Morgan fingerprint density at radius 2 is 1.90 bits per heavy atom. The molecule has 1 aliphatic carbocycles. The lowest BCUT2D eigenvalue weighted by molar-refractivity contribution is 0.0705. The van der Waals surface area contributed by atoms with Gasteiger partial charge in [-0.05, 0) is 37.8 Å². The molecule has 0 spiro atoms. The van der Waals surface area contributed by atoms with Crippen LogP contribution in [-0.4, -0.2) is 54.6 Å². The van der Waals surface area contributed by atoms with Crippen molar-refractivity contribution >= 4 is 0 Å². The van der Waals surface area contributed by atoms with E-state index in [1.807, 2.05) is 0 Å². The molecule has 3 heteroatoms. The first-order chi connectivity index (χ1) is 10.4. The smallest absolute Gasteiger partial charge is 0.0473 e. The van der Waals surface area contributed by atoms with Gasteiger partial charge in [-0.1, -0.05) is 30.3 Å². The van der Waals surface area contributed by atoms with E-state index in [4.69, 9.17) is 0 Å². The van der Waals surface area contributed by atoms with Gasteiger partial charge in [0.25, 0.3) is 0 Å². The third kappa shape index (κ3) is 3.15. The van der Waals surface area contributed by atoms with E-state index >= 15 is 0 Å². The molecule has 0 radical (unpaired) electrons. The molecular weight excluding hydrogens is 258 g/mol. The zero-order valence-corrected chi connectivity index (χ0v) is 12.9. The summed E-state index contributed by atoms with van der Waals surface area (Å²) in [5.41, 5.74) is 1.48. The van der Waals surface area contributed by atoms with Crippen LogP contribution in [0.3, 0.4) is 0 Å². The van der Waals surface area contributed by atoms with Gasteiger partial charge in [-0.15, -0.1) is 0 Å².